The number of hydrogen-bond acceptors (Lipinski definition) is 4. The van der Waals surface area contributed by atoms with Crippen LogP contribution in [0.2, 0.25) is 0 Å². The fourth-order valence-corrected chi connectivity index (χ4v) is 4.11. The van der Waals surface area contributed by atoms with Crippen molar-refractivity contribution in [2.45, 2.75) is 42.5 Å². The molecular weight excluding hydrogens is 317 g/mol. The van der Waals surface area contributed by atoms with Crippen LogP contribution in [0.4, 0.5) is 4.39 Å². The van der Waals surface area contributed by atoms with Gasteiger partial charge in [-0.25, -0.2) is 21.2 Å². The third-order valence-electron chi connectivity index (χ3n) is 3.32. The molecule has 0 aliphatic rings. The van der Waals surface area contributed by atoms with Gasteiger partial charge >= 0.3 is 0 Å². The molecule has 5 nitrogen and oxygen atoms in total. The Kier molecular flexibility index (Phi) is 5.51. The van der Waals surface area contributed by atoms with Gasteiger partial charge in [0.05, 0.1) is 4.90 Å². The number of hydrogen-bond donors (Lipinski definition) is 0. The predicted molar refractivity (Wildman–Crippen MR) is 78.8 cm³/mol. The molecule has 0 fully saturated rings. The first-order valence-corrected chi connectivity index (χ1v) is 9.82. The van der Waals surface area contributed by atoms with Crippen molar-refractivity contribution in [2.75, 3.05) is 13.3 Å². The zero-order valence-electron chi connectivity index (χ0n) is 12.5. The summed E-state index contributed by atoms with van der Waals surface area (Å²) in [6.07, 6.45) is 2.36. The molecule has 0 heterocycles. The van der Waals surface area contributed by atoms with E-state index in [1.807, 2.05) is 6.92 Å². The summed E-state index contributed by atoms with van der Waals surface area (Å²) >= 11 is 0. The molecule has 0 spiro atoms. The first kappa shape index (κ1) is 18.1. The lowest BCUT2D eigenvalue weighted by Gasteiger charge is -2.24. The molecule has 1 rings (SSSR count). The van der Waals surface area contributed by atoms with E-state index in [0.717, 1.165) is 35.2 Å². The molecule has 120 valence electrons. The van der Waals surface area contributed by atoms with Gasteiger partial charge in [0.2, 0.25) is 10.0 Å². The Morgan fingerprint density at radius 1 is 1.24 bits per heavy atom. The molecule has 1 aromatic rings. The van der Waals surface area contributed by atoms with Crippen molar-refractivity contribution in [2.24, 2.45) is 0 Å². The lowest BCUT2D eigenvalue weighted by atomic mass is 10.2. The van der Waals surface area contributed by atoms with Crippen LogP contribution in [0.1, 0.15) is 26.7 Å². The van der Waals surface area contributed by atoms with Crippen molar-refractivity contribution < 1.29 is 21.2 Å². The first-order chi connectivity index (χ1) is 9.51. The third-order valence-corrected chi connectivity index (χ3v) is 6.41. The molecule has 0 N–H and O–H groups in total. The molecule has 0 amide bonds. The summed E-state index contributed by atoms with van der Waals surface area (Å²) in [7, 11) is -6.32. The van der Waals surface area contributed by atoms with Crippen LogP contribution < -0.4 is 0 Å². The van der Waals surface area contributed by atoms with E-state index in [2.05, 4.69) is 0 Å². The summed E-state index contributed by atoms with van der Waals surface area (Å²) in [4.78, 5) is -0.838. The number of rotatable bonds is 6. The molecule has 0 radical (unpaired) electrons. The highest BCUT2D eigenvalue weighted by Gasteiger charge is 2.29. The molecule has 0 saturated heterocycles. The zero-order valence-corrected chi connectivity index (χ0v) is 14.1. The lowest BCUT2D eigenvalue weighted by Crippen LogP contribution is -2.35. The van der Waals surface area contributed by atoms with Crippen LogP contribution in [0.15, 0.2) is 28.0 Å². The largest absolute Gasteiger partial charge is 0.246 e. The highest BCUT2D eigenvalue weighted by Crippen LogP contribution is 2.24. The van der Waals surface area contributed by atoms with Gasteiger partial charge in [0, 0.05) is 19.3 Å². The fraction of sp³-hybridized carbons (Fsp3) is 0.538. The van der Waals surface area contributed by atoms with E-state index < -0.39 is 30.6 Å². The summed E-state index contributed by atoms with van der Waals surface area (Å²) in [5.41, 5.74) is 0. The van der Waals surface area contributed by atoms with Crippen LogP contribution in [0.25, 0.3) is 0 Å². The smallest absolute Gasteiger partial charge is 0.224 e. The number of nitrogens with zero attached hydrogens (tertiary/aromatic N) is 1. The zero-order chi connectivity index (χ0) is 16.4. The Morgan fingerprint density at radius 2 is 1.81 bits per heavy atom. The van der Waals surface area contributed by atoms with Crippen molar-refractivity contribution >= 4 is 19.9 Å². The lowest BCUT2D eigenvalue weighted by molar-refractivity contribution is 0.366. The van der Waals surface area contributed by atoms with Crippen LogP contribution >= 0.6 is 0 Å². The molecule has 0 aliphatic carbocycles. The molecule has 21 heavy (non-hydrogen) atoms. The number of sulfone groups is 1. The molecule has 0 bridgehead atoms. The average Bonchev–Trinajstić information content (AvgIpc) is 2.36. The summed E-state index contributed by atoms with van der Waals surface area (Å²) in [5, 5.41) is 0. The molecule has 0 aromatic heterocycles. The average molecular weight is 337 g/mol. The second kappa shape index (κ2) is 6.41. The highest BCUT2D eigenvalue weighted by atomic mass is 32.2. The summed E-state index contributed by atoms with van der Waals surface area (Å²) in [6.45, 7) is 3.64. The van der Waals surface area contributed by atoms with E-state index >= 15 is 0 Å². The second-order valence-electron chi connectivity index (χ2n) is 5.02. The number of benzene rings is 1. The maximum absolute atomic E-state index is 13.9. The van der Waals surface area contributed by atoms with Gasteiger partial charge in [-0.1, -0.05) is 13.3 Å². The van der Waals surface area contributed by atoms with Gasteiger partial charge < -0.3 is 0 Å². The third kappa shape index (κ3) is 4.02. The van der Waals surface area contributed by atoms with E-state index in [-0.39, 0.29) is 10.9 Å². The minimum absolute atomic E-state index is 0.223. The summed E-state index contributed by atoms with van der Waals surface area (Å²) in [6, 6.07) is 2.48. The van der Waals surface area contributed by atoms with Gasteiger partial charge in [-0.05, 0) is 31.5 Å². The molecule has 0 aliphatic heterocycles. The van der Waals surface area contributed by atoms with Crippen molar-refractivity contribution in [3.8, 4) is 0 Å². The van der Waals surface area contributed by atoms with Crippen LogP contribution in [0.5, 0.6) is 0 Å². The highest BCUT2D eigenvalue weighted by molar-refractivity contribution is 7.91. The summed E-state index contributed by atoms with van der Waals surface area (Å²) in [5.74, 6) is -0.960. The Hall–Kier alpha value is -0.990. The minimum Gasteiger partial charge on any atom is -0.224 e. The van der Waals surface area contributed by atoms with Crippen molar-refractivity contribution in [3.63, 3.8) is 0 Å². The molecule has 0 saturated carbocycles. The molecule has 1 unspecified atom stereocenters. The van der Waals surface area contributed by atoms with Crippen molar-refractivity contribution in [3.05, 3.63) is 24.0 Å². The van der Waals surface area contributed by atoms with E-state index in [0.29, 0.717) is 6.42 Å². The van der Waals surface area contributed by atoms with Crippen molar-refractivity contribution in [1.29, 1.82) is 0 Å². The molecular formula is C13H20FNO4S2. The minimum atomic E-state index is -4.08. The predicted octanol–water partition coefficient (Wildman–Crippen LogP) is 2.04. The van der Waals surface area contributed by atoms with E-state index in [1.54, 1.807) is 6.92 Å². The Labute approximate surface area is 125 Å². The van der Waals surface area contributed by atoms with E-state index in [1.165, 1.54) is 7.05 Å². The standard InChI is InChI=1S/C13H20FNO4S2/c1-5-6-10(2)15(3)21(18,19)13-9-11(20(4,16)17)7-8-12(13)14/h7-10H,5-6H2,1-4H3. The quantitative estimate of drug-likeness (QED) is 0.745. The Morgan fingerprint density at radius 3 is 2.29 bits per heavy atom. The van der Waals surface area contributed by atoms with Crippen LogP contribution in [0.3, 0.4) is 0 Å². The van der Waals surface area contributed by atoms with Gasteiger partial charge in [-0.15, -0.1) is 0 Å². The van der Waals surface area contributed by atoms with Crippen LogP contribution in [0, 0.1) is 5.82 Å². The Bertz CT molecular complexity index is 714. The topological polar surface area (TPSA) is 71.5 Å². The molecule has 1 atom stereocenters. The monoisotopic (exact) mass is 337 g/mol. The Balaban J connectivity index is 3.38. The maximum Gasteiger partial charge on any atom is 0.246 e. The summed E-state index contributed by atoms with van der Waals surface area (Å²) < 4.78 is 62.8. The van der Waals surface area contributed by atoms with Gasteiger partial charge in [0.1, 0.15) is 10.7 Å². The van der Waals surface area contributed by atoms with E-state index in [9.17, 15) is 21.2 Å². The molecule has 1 aromatic carbocycles. The van der Waals surface area contributed by atoms with Crippen molar-refractivity contribution in [1.82, 2.24) is 4.31 Å². The van der Waals surface area contributed by atoms with E-state index in [4.69, 9.17) is 0 Å². The van der Waals surface area contributed by atoms with Gasteiger partial charge in [0.15, 0.2) is 9.84 Å². The van der Waals surface area contributed by atoms with Crippen LogP contribution in [-0.2, 0) is 19.9 Å². The maximum atomic E-state index is 13.9. The van der Waals surface area contributed by atoms with Gasteiger partial charge in [0.25, 0.3) is 0 Å². The fourth-order valence-electron chi connectivity index (χ4n) is 1.90. The second-order valence-corrected chi connectivity index (χ2v) is 9.01. The molecule has 8 heteroatoms. The van der Waals surface area contributed by atoms with Crippen LogP contribution in [-0.4, -0.2) is 40.5 Å². The van der Waals surface area contributed by atoms with Gasteiger partial charge in [-0.3, -0.25) is 0 Å². The first-order valence-electron chi connectivity index (χ1n) is 6.49. The number of halogens is 1. The normalized spacial score (nSPS) is 14.4. The SMILES string of the molecule is CCCC(C)N(C)S(=O)(=O)c1cc(S(C)(=O)=O)ccc1F. The number of sulfonamides is 1. The van der Waals surface area contributed by atoms with Gasteiger partial charge in [-0.2, -0.15) is 4.31 Å².